The average Bonchev–Trinajstić information content (AvgIpc) is 2.70. The largest absolute Gasteiger partial charge is 0.465 e. The van der Waals surface area contributed by atoms with Gasteiger partial charge < -0.3 is 20.7 Å². The van der Waals surface area contributed by atoms with Crippen molar-refractivity contribution in [1.29, 1.82) is 0 Å². The van der Waals surface area contributed by atoms with E-state index in [1.807, 2.05) is 39.0 Å². The van der Waals surface area contributed by atoms with Gasteiger partial charge in [0.1, 0.15) is 0 Å². The Labute approximate surface area is 175 Å². The van der Waals surface area contributed by atoms with Crippen LogP contribution in [0, 0.1) is 13.8 Å². The molecule has 0 aromatic heterocycles. The predicted molar refractivity (Wildman–Crippen MR) is 117 cm³/mol. The fraction of sp³-hybridized carbons (Fsp3) is 0.227. The molecule has 7 heteroatoms. The number of ether oxygens (including phenoxy) is 1. The molecular formula is C22H23N3O3S. The second kappa shape index (κ2) is 8.45. The third kappa shape index (κ3) is 4.30. The summed E-state index contributed by atoms with van der Waals surface area (Å²) in [6.07, 6.45) is 0. The van der Waals surface area contributed by atoms with E-state index in [-0.39, 0.29) is 5.91 Å². The van der Waals surface area contributed by atoms with Crippen LogP contribution in [-0.2, 0) is 9.53 Å². The molecule has 1 atom stereocenters. The van der Waals surface area contributed by atoms with Gasteiger partial charge in [0.25, 0.3) is 5.91 Å². The zero-order valence-corrected chi connectivity index (χ0v) is 17.6. The summed E-state index contributed by atoms with van der Waals surface area (Å²) < 4.78 is 4.74. The molecule has 0 bridgehead atoms. The SMILES string of the molecule is COC(=O)c1ccc([C@H]2NC(=S)NC(C)=C2C(=O)Nc2cccc(C)c2C)cc1. The topological polar surface area (TPSA) is 79.5 Å². The fourth-order valence-corrected chi connectivity index (χ4v) is 3.52. The number of esters is 1. The number of hydrogen-bond acceptors (Lipinski definition) is 4. The van der Waals surface area contributed by atoms with Crippen LogP contribution in [-0.4, -0.2) is 24.1 Å². The van der Waals surface area contributed by atoms with Crippen molar-refractivity contribution in [3.05, 3.63) is 76.0 Å². The van der Waals surface area contributed by atoms with Crippen molar-refractivity contribution in [2.24, 2.45) is 0 Å². The summed E-state index contributed by atoms with van der Waals surface area (Å²) in [5.74, 6) is -0.634. The molecule has 3 rings (SSSR count). The molecule has 2 aromatic carbocycles. The maximum absolute atomic E-state index is 13.2. The van der Waals surface area contributed by atoms with Gasteiger partial charge in [0, 0.05) is 11.4 Å². The first-order chi connectivity index (χ1) is 13.8. The number of rotatable bonds is 4. The number of nitrogens with one attached hydrogen (secondary N) is 3. The number of methoxy groups -OCH3 is 1. The van der Waals surface area contributed by atoms with E-state index in [4.69, 9.17) is 17.0 Å². The lowest BCUT2D eigenvalue weighted by atomic mass is 9.94. The molecule has 2 aromatic rings. The number of amides is 1. The van der Waals surface area contributed by atoms with Gasteiger partial charge in [0.2, 0.25) is 0 Å². The van der Waals surface area contributed by atoms with Crippen LogP contribution in [0.25, 0.3) is 0 Å². The highest BCUT2D eigenvalue weighted by atomic mass is 32.1. The van der Waals surface area contributed by atoms with Gasteiger partial charge in [-0.1, -0.05) is 24.3 Å². The molecular weight excluding hydrogens is 386 g/mol. The van der Waals surface area contributed by atoms with E-state index >= 15 is 0 Å². The van der Waals surface area contributed by atoms with Crippen molar-refractivity contribution in [2.45, 2.75) is 26.8 Å². The molecule has 1 aliphatic heterocycles. The molecule has 0 spiro atoms. The van der Waals surface area contributed by atoms with Crippen molar-refractivity contribution < 1.29 is 14.3 Å². The van der Waals surface area contributed by atoms with Gasteiger partial charge in [-0.25, -0.2) is 4.79 Å². The van der Waals surface area contributed by atoms with Gasteiger partial charge in [-0.3, -0.25) is 4.79 Å². The second-order valence-corrected chi connectivity index (χ2v) is 7.29. The van der Waals surface area contributed by atoms with E-state index in [1.165, 1.54) is 7.11 Å². The van der Waals surface area contributed by atoms with Crippen molar-refractivity contribution in [3.63, 3.8) is 0 Å². The highest BCUT2D eigenvalue weighted by molar-refractivity contribution is 7.80. The summed E-state index contributed by atoms with van der Waals surface area (Å²) in [4.78, 5) is 24.9. The molecule has 29 heavy (non-hydrogen) atoms. The Bertz CT molecular complexity index is 1010. The van der Waals surface area contributed by atoms with E-state index in [0.717, 1.165) is 22.4 Å². The van der Waals surface area contributed by atoms with Gasteiger partial charge in [0.05, 0.1) is 24.3 Å². The van der Waals surface area contributed by atoms with Crippen LogP contribution in [0.5, 0.6) is 0 Å². The van der Waals surface area contributed by atoms with Crippen LogP contribution in [0.3, 0.4) is 0 Å². The molecule has 0 saturated carbocycles. The number of anilines is 1. The third-order valence-electron chi connectivity index (χ3n) is 5.03. The molecule has 1 aliphatic rings. The Morgan fingerprint density at radius 3 is 2.41 bits per heavy atom. The molecule has 1 amide bonds. The summed E-state index contributed by atoms with van der Waals surface area (Å²) in [7, 11) is 1.34. The number of carbonyl (C=O) groups excluding carboxylic acids is 2. The van der Waals surface area contributed by atoms with E-state index < -0.39 is 12.0 Å². The van der Waals surface area contributed by atoms with Crippen LogP contribution in [0.2, 0.25) is 0 Å². The number of thiocarbonyl (C=S) groups is 1. The van der Waals surface area contributed by atoms with Crippen molar-refractivity contribution in [2.75, 3.05) is 12.4 Å². The number of aryl methyl sites for hydroxylation is 1. The van der Waals surface area contributed by atoms with Gasteiger partial charge in [-0.05, 0) is 67.9 Å². The predicted octanol–water partition coefficient (Wildman–Crippen LogP) is 3.52. The number of allylic oxidation sites excluding steroid dienone is 1. The fourth-order valence-electron chi connectivity index (χ4n) is 3.25. The zero-order chi connectivity index (χ0) is 21.1. The standard InChI is InChI=1S/C22H23N3O3S/c1-12-6-5-7-17(13(12)2)24-20(26)18-14(3)23-22(29)25-19(18)15-8-10-16(11-9-15)21(27)28-4/h5-11,19H,1-4H3,(H,24,26)(H2,23,25,29)/t19-/m1/s1. The third-order valence-corrected chi connectivity index (χ3v) is 5.25. The van der Waals surface area contributed by atoms with Crippen LogP contribution in [0.15, 0.2) is 53.7 Å². The Balaban J connectivity index is 1.94. The molecule has 0 saturated heterocycles. The smallest absolute Gasteiger partial charge is 0.337 e. The van der Waals surface area contributed by atoms with Crippen molar-refractivity contribution >= 4 is 34.9 Å². The van der Waals surface area contributed by atoms with Crippen molar-refractivity contribution in [1.82, 2.24) is 10.6 Å². The van der Waals surface area contributed by atoms with E-state index in [9.17, 15) is 9.59 Å². The van der Waals surface area contributed by atoms with Crippen LogP contribution >= 0.6 is 12.2 Å². The molecule has 0 radical (unpaired) electrons. The summed E-state index contributed by atoms with van der Waals surface area (Å²) in [6, 6.07) is 12.3. The van der Waals surface area contributed by atoms with Crippen molar-refractivity contribution in [3.8, 4) is 0 Å². The number of hydrogen-bond donors (Lipinski definition) is 3. The van der Waals surface area contributed by atoms with Crippen LogP contribution in [0.4, 0.5) is 5.69 Å². The van der Waals surface area contributed by atoms with E-state index in [2.05, 4.69) is 16.0 Å². The first-order valence-electron chi connectivity index (χ1n) is 9.16. The number of carbonyl (C=O) groups is 2. The molecule has 6 nitrogen and oxygen atoms in total. The summed E-state index contributed by atoms with van der Waals surface area (Å²) in [5.41, 5.74) is 5.35. The maximum atomic E-state index is 13.2. The summed E-state index contributed by atoms with van der Waals surface area (Å²) in [6.45, 7) is 5.80. The summed E-state index contributed by atoms with van der Waals surface area (Å²) >= 11 is 5.29. The van der Waals surface area contributed by atoms with Crippen LogP contribution in [0.1, 0.15) is 40.0 Å². The number of benzene rings is 2. The van der Waals surface area contributed by atoms with E-state index in [1.54, 1.807) is 24.3 Å². The average molecular weight is 410 g/mol. The van der Waals surface area contributed by atoms with Gasteiger partial charge in [-0.2, -0.15) is 0 Å². The first-order valence-corrected chi connectivity index (χ1v) is 9.56. The molecule has 0 aliphatic carbocycles. The summed E-state index contributed by atoms with van der Waals surface area (Å²) in [5, 5.41) is 9.63. The highest BCUT2D eigenvalue weighted by Gasteiger charge is 2.30. The lowest BCUT2D eigenvalue weighted by Crippen LogP contribution is -2.45. The molecule has 1 heterocycles. The lowest BCUT2D eigenvalue weighted by molar-refractivity contribution is -0.113. The van der Waals surface area contributed by atoms with Crippen LogP contribution < -0.4 is 16.0 Å². The Morgan fingerprint density at radius 1 is 1.07 bits per heavy atom. The lowest BCUT2D eigenvalue weighted by Gasteiger charge is -2.30. The minimum absolute atomic E-state index is 0.222. The minimum atomic E-state index is -0.444. The zero-order valence-electron chi connectivity index (χ0n) is 16.8. The Hall–Kier alpha value is -3.19. The molecule has 3 N–H and O–H groups in total. The molecule has 150 valence electrons. The minimum Gasteiger partial charge on any atom is -0.465 e. The monoisotopic (exact) mass is 409 g/mol. The molecule has 0 fully saturated rings. The Kier molecular flexibility index (Phi) is 5.98. The van der Waals surface area contributed by atoms with Gasteiger partial charge >= 0.3 is 5.97 Å². The Morgan fingerprint density at radius 2 is 1.76 bits per heavy atom. The quantitative estimate of drug-likeness (QED) is 0.530. The highest BCUT2D eigenvalue weighted by Crippen LogP contribution is 2.29. The normalized spacial score (nSPS) is 16.0. The van der Waals surface area contributed by atoms with E-state index in [0.29, 0.717) is 21.9 Å². The molecule has 0 unspecified atom stereocenters. The second-order valence-electron chi connectivity index (χ2n) is 6.89. The maximum Gasteiger partial charge on any atom is 0.337 e. The first kappa shape index (κ1) is 20.5. The van der Waals surface area contributed by atoms with Gasteiger partial charge in [-0.15, -0.1) is 0 Å². The van der Waals surface area contributed by atoms with Gasteiger partial charge in [0.15, 0.2) is 5.11 Å².